The Bertz CT molecular complexity index is 242. The van der Waals surface area contributed by atoms with Gasteiger partial charge in [0.25, 0.3) is 0 Å². The SMILES string of the molecule is C[C@H]1OC(=O)N[C@@H]1C(=O)C(C)(C)C. The van der Waals surface area contributed by atoms with Crippen molar-refractivity contribution in [2.75, 3.05) is 0 Å². The van der Waals surface area contributed by atoms with Crippen molar-refractivity contribution in [3.63, 3.8) is 0 Å². The Morgan fingerprint density at radius 2 is 2.00 bits per heavy atom. The van der Waals surface area contributed by atoms with E-state index in [1.807, 2.05) is 20.8 Å². The molecular formula is C9H15NO3. The van der Waals surface area contributed by atoms with Crippen LogP contribution in [0.15, 0.2) is 0 Å². The number of hydrogen-bond donors (Lipinski definition) is 1. The zero-order valence-corrected chi connectivity index (χ0v) is 8.38. The van der Waals surface area contributed by atoms with Crippen molar-refractivity contribution in [1.82, 2.24) is 5.32 Å². The zero-order chi connectivity index (χ0) is 10.2. The lowest BCUT2D eigenvalue weighted by Crippen LogP contribution is -2.44. The van der Waals surface area contributed by atoms with Crippen molar-refractivity contribution in [3.8, 4) is 0 Å². The Morgan fingerprint density at radius 3 is 2.31 bits per heavy atom. The Morgan fingerprint density at radius 1 is 1.46 bits per heavy atom. The van der Waals surface area contributed by atoms with Crippen LogP contribution in [0.3, 0.4) is 0 Å². The van der Waals surface area contributed by atoms with Gasteiger partial charge in [-0.15, -0.1) is 0 Å². The van der Waals surface area contributed by atoms with Gasteiger partial charge in [0.15, 0.2) is 5.78 Å². The molecule has 1 heterocycles. The summed E-state index contributed by atoms with van der Waals surface area (Å²) in [6.07, 6.45) is -0.866. The Hall–Kier alpha value is -1.06. The number of carbonyl (C=O) groups is 2. The first-order valence-electron chi connectivity index (χ1n) is 4.34. The first-order valence-corrected chi connectivity index (χ1v) is 4.34. The molecule has 1 N–H and O–H groups in total. The van der Waals surface area contributed by atoms with E-state index < -0.39 is 17.6 Å². The van der Waals surface area contributed by atoms with E-state index in [1.165, 1.54) is 0 Å². The van der Waals surface area contributed by atoms with Crippen LogP contribution in [-0.2, 0) is 9.53 Å². The molecule has 4 heteroatoms. The molecule has 4 nitrogen and oxygen atoms in total. The lowest BCUT2D eigenvalue weighted by molar-refractivity contribution is -0.129. The third kappa shape index (κ3) is 1.99. The Kier molecular flexibility index (Phi) is 2.32. The van der Waals surface area contributed by atoms with E-state index in [0.29, 0.717) is 0 Å². The predicted octanol–water partition coefficient (Wildman–Crippen LogP) is 1.10. The van der Waals surface area contributed by atoms with E-state index in [4.69, 9.17) is 4.74 Å². The molecule has 0 aromatic carbocycles. The number of nitrogens with one attached hydrogen (secondary N) is 1. The monoisotopic (exact) mass is 185 g/mol. The molecule has 0 aromatic heterocycles. The molecule has 1 aliphatic rings. The van der Waals surface area contributed by atoms with Gasteiger partial charge in [0, 0.05) is 5.41 Å². The van der Waals surface area contributed by atoms with Gasteiger partial charge in [-0.2, -0.15) is 0 Å². The van der Waals surface area contributed by atoms with Gasteiger partial charge in [0.05, 0.1) is 0 Å². The fourth-order valence-corrected chi connectivity index (χ4v) is 1.26. The Balaban J connectivity index is 2.74. The van der Waals surface area contributed by atoms with Gasteiger partial charge < -0.3 is 10.1 Å². The summed E-state index contributed by atoms with van der Waals surface area (Å²) in [5, 5.41) is 2.50. The highest BCUT2D eigenvalue weighted by Crippen LogP contribution is 2.21. The van der Waals surface area contributed by atoms with Crippen LogP contribution in [-0.4, -0.2) is 24.0 Å². The molecule has 0 spiro atoms. The predicted molar refractivity (Wildman–Crippen MR) is 47.3 cm³/mol. The van der Waals surface area contributed by atoms with Crippen LogP contribution in [0.2, 0.25) is 0 Å². The zero-order valence-electron chi connectivity index (χ0n) is 8.38. The first-order chi connectivity index (χ1) is 5.82. The number of ether oxygens (including phenoxy) is 1. The minimum atomic E-state index is -0.505. The number of hydrogen-bond acceptors (Lipinski definition) is 3. The minimum Gasteiger partial charge on any atom is -0.444 e. The van der Waals surface area contributed by atoms with Crippen LogP contribution >= 0.6 is 0 Å². The highest BCUT2D eigenvalue weighted by Gasteiger charge is 2.40. The standard InChI is InChI=1S/C9H15NO3/c1-5-6(10-8(12)13-5)7(11)9(2,3)4/h5-6H,1-4H3,(H,10,12)/t5-,6+/m1/s1. The number of Topliss-reactive ketones (excluding diaryl/α,β-unsaturated/α-hetero) is 1. The molecule has 1 amide bonds. The summed E-state index contributed by atoms with van der Waals surface area (Å²) in [5.74, 6) is 0.00542. The van der Waals surface area contributed by atoms with Crippen LogP contribution in [0, 0.1) is 5.41 Å². The van der Waals surface area contributed by atoms with Crippen LogP contribution in [0.1, 0.15) is 27.7 Å². The van der Waals surface area contributed by atoms with Crippen LogP contribution < -0.4 is 5.32 Å². The third-order valence-electron chi connectivity index (χ3n) is 2.06. The summed E-state index contributed by atoms with van der Waals surface area (Å²) < 4.78 is 4.82. The average molecular weight is 185 g/mol. The van der Waals surface area contributed by atoms with E-state index in [-0.39, 0.29) is 11.9 Å². The quantitative estimate of drug-likeness (QED) is 0.665. The third-order valence-corrected chi connectivity index (χ3v) is 2.06. The van der Waals surface area contributed by atoms with Gasteiger partial charge in [-0.1, -0.05) is 20.8 Å². The minimum absolute atomic E-state index is 0.00542. The van der Waals surface area contributed by atoms with Gasteiger partial charge in [-0.3, -0.25) is 4.79 Å². The maximum atomic E-state index is 11.7. The molecule has 0 unspecified atom stereocenters. The van der Waals surface area contributed by atoms with E-state index in [2.05, 4.69) is 5.32 Å². The molecule has 1 rings (SSSR count). The molecule has 1 fully saturated rings. The second kappa shape index (κ2) is 3.01. The van der Waals surface area contributed by atoms with Crippen molar-refractivity contribution in [2.24, 2.45) is 5.41 Å². The highest BCUT2D eigenvalue weighted by molar-refractivity contribution is 5.93. The molecule has 2 atom stereocenters. The van der Waals surface area contributed by atoms with Crippen molar-refractivity contribution in [3.05, 3.63) is 0 Å². The molecule has 0 radical (unpaired) electrons. The van der Waals surface area contributed by atoms with E-state index in [1.54, 1.807) is 6.92 Å². The summed E-state index contributed by atoms with van der Waals surface area (Å²) in [7, 11) is 0. The van der Waals surface area contributed by atoms with Gasteiger partial charge >= 0.3 is 6.09 Å². The van der Waals surface area contributed by atoms with Gasteiger partial charge in [-0.25, -0.2) is 4.79 Å². The van der Waals surface area contributed by atoms with Crippen LogP contribution in [0.25, 0.3) is 0 Å². The van der Waals surface area contributed by atoms with Crippen molar-refractivity contribution in [2.45, 2.75) is 39.8 Å². The first kappa shape index (κ1) is 10.0. The highest BCUT2D eigenvalue weighted by atomic mass is 16.6. The molecule has 0 bridgehead atoms. The van der Waals surface area contributed by atoms with Gasteiger partial charge in [0.2, 0.25) is 0 Å². The van der Waals surface area contributed by atoms with E-state index in [0.717, 1.165) is 0 Å². The van der Waals surface area contributed by atoms with Crippen molar-refractivity contribution < 1.29 is 14.3 Å². The molecule has 0 aromatic rings. The topological polar surface area (TPSA) is 55.4 Å². The smallest absolute Gasteiger partial charge is 0.408 e. The molecule has 13 heavy (non-hydrogen) atoms. The van der Waals surface area contributed by atoms with E-state index >= 15 is 0 Å². The fraction of sp³-hybridized carbons (Fsp3) is 0.778. The summed E-state index contributed by atoms with van der Waals surface area (Å²) in [6.45, 7) is 7.19. The van der Waals surface area contributed by atoms with Crippen LogP contribution in [0.4, 0.5) is 4.79 Å². The fourth-order valence-electron chi connectivity index (χ4n) is 1.26. The Labute approximate surface area is 77.6 Å². The van der Waals surface area contributed by atoms with Crippen molar-refractivity contribution >= 4 is 11.9 Å². The molecule has 0 saturated carbocycles. The number of amides is 1. The number of cyclic esters (lactones) is 1. The lowest BCUT2D eigenvalue weighted by Gasteiger charge is -2.22. The summed E-state index contributed by atoms with van der Waals surface area (Å²) in [6, 6.07) is -0.493. The van der Waals surface area contributed by atoms with Crippen LogP contribution in [0.5, 0.6) is 0 Å². The summed E-state index contributed by atoms with van der Waals surface area (Å²) in [5.41, 5.74) is -0.445. The lowest BCUT2D eigenvalue weighted by atomic mass is 9.85. The maximum absolute atomic E-state index is 11.7. The normalized spacial score (nSPS) is 28.2. The molecule has 1 aliphatic heterocycles. The maximum Gasteiger partial charge on any atom is 0.408 e. The number of ketones is 1. The molecule has 74 valence electrons. The molecule has 0 aliphatic carbocycles. The molecular weight excluding hydrogens is 170 g/mol. The van der Waals surface area contributed by atoms with Crippen molar-refractivity contribution in [1.29, 1.82) is 0 Å². The molecule has 1 saturated heterocycles. The number of rotatable bonds is 1. The van der Waals surface area contributed by atoms with Gasteiger partial charge in [-0.05, 0) is 6.92 Å². The summed E-state index contributed by atoms with van der Waals surface area (Å²) >= 11 is 0. The second-order valence-electron chi connectivity index (χ2n) is 4.35. The van der Waals surface area contributed by atoms with E-state index in [9.17, 15) is 9.59 Å². The second-order valence-corrected chi connectivity index (χ2v) is 4.35. The number of carbonyl (C=O) groups excluding carboxylic acids is 2. The number of alkyl carbamates (subject to hydrolysis) is 1. The van der Waals surface area contributed by atoms with Gasteiger partial charge in [0.1, 0.15) is 12.1 Å². The summed E-state index contributed by atoms with van der Waals surface area (Å²) in [4.78, 5) is 22.5. The average Bonchev–Trinajstić information content (AvgIpc) is 2.26. The largest absolute Gasteiger partial charge is 0.444 e.